The molecule has 0 spiro atoms. The predicted octanol–water partition coefficient (Wildman–Crippen LogP) is 1.96. The van der Waals surface area contributed by atoms with Gasteiger partial charge in [0.05, 0.1) is 6.54 Å². The molecule has 8 heteroatoms. The molecule has 0 bridgehead atoms. The molecule has 1 N–H and O–H groups in total. The standard InChI is InChI=1S/C13H20ClN3O3S/c1-3-20-7-4-6-17(12(19)10(2)14)9-11(18)16-13-15-5-8-21-13/h5,8,10H,3-4,6-7,9H2,1-2H3,(H,15,16,18). The van der Waals surface area contributed by atoms with Crippen LogP contribution in [0.3, 0.4) is 0 Å². The van der Waals surface area contributed by atoms with Crippen LogP contribution in [0.4, 0.5) is 5.13 Å². The van der Waals surface area contributed by atoms with E-state index >= 15 is 0 Å². The molecule has 1 aromatic heterocycles. The van der Waals surface area contributed by atoms with Gasteiger partial charge in [0.2, 0.25) is 11.8 Å². The zero-order valence-corrected chi connectivity index (χ0v) is 13.7. The van der Waals surface area contributed by atoms with Gasteiger partial charge in [-0.1, -0.05) is 0 Å². The summed E-state index contributed by atoms with van der Waals surface area (Å²) in [5.41, 5.74) is 0. The van der Waals surface area contributed by atoms with Crippen LogP contribution in [-0.2, 0) is 14.3 Å². The summed E-state index contributed by atoms with van der Waals surface area (Å²) in [7, 11) is 0. The average Bonchev–Trinajstić information content (AvgIpc) is 2.94. The highest BCUT2D eigenvalue weighted by molar-refractivity contribution is 7.13. The van der Waals surface area contributed by atoms with Crippen molar-refractivity contribution in [1.82, 2.24) is 9.88 Å². The van der Waals surface area contributed by atoms with Gasteiger partial charge in [-0.3, -0.25) is 9.59 Å². The first-order valence-corrected chi connectivity index (χ1v) is 8.06. The van der Waals surface area contributed by atoms with Crippen molar-refractivity contribution in [3.05, 3.63) is 11.6 Å². The van der Waals surface area contributed by atoms with Gasteiger partial charge in [-0.2, -0.15) is 0 Å². The lowest BCUT2D eigenvalue weighted by molar-refractivity contribution is -0.134. The van der Waals surface area contributed by atoms with Crippen LogP contribution in [0.2, 0.25) is 0 Å². The van der Waals surface area contributed by atoms with E-state index < -0.39 is 5.38 Å². The van der Waals surface area contributed by atoms with Crippen LogP contribution in [0.5, 0.6) is 0 Å². The minimum Gasteiger partial charge on any atom is -0.382 e. The van der Waals surface area contributed by atoms with Gasteiger partial charge in [-0.15, -0.1) is 22.9 Å². The second kappa shape index (κ2) is 9.70. The number of hydrogen-bond donors (Lipinski definition) is 1. The van der Waals surface area contributed by atoms with Gasteiger partial charge in [0.25, 0.3) is 0 Å². The van der Waals surface area contributed by atoms with Gasteiger partial charge in [-0.25, -0.2) is 4.98 Å². The summed E-state index contributed by atoms with van der Waals surface area (Å²) in [6.07, 6.45) is 2.26. The zero-order chi connectivity index (χ0) is 15.7. The molecule has 2 amide bonds. The first-order valence-electron chi connectivity index (χ1n) is 6.74. The van der Waals surface area contributed by atoms with E-state index in [1.807, 2.05) is 6.92 Å². The first-order chi connectivity index (χ1) is 10.0. The largest absolute Gasteiger partial charge is 0.382 e. The van der Waals surface area contributed by atoms with Gasteiger partial charge >= 0.3 is 0 Å². The van der Waals surface area contributed by atoms with E-state index in [-0.39, 0.29) is 18.4 Å². The molecule has 0 aliphatic carbocycles. The Balaban J connectivity index is 2.50. The molecular formula is C13H20ClN3O3S. The fourth-order valence-electron chi connectivity index (χ4n) is 1.64. The van der Waals surface area contributed by atoms with E-state index in [0.717, 1.165) is 0 Å². The number of rotatable bonds is 9. The molecular weight excluding hydrogens is 314 g/mol. The van der Waals surface area contributed by atoms with Gasteiger partial charge in [-0.05, 0) is 20.3 Å². The summed E-state index contributed by atoms with van der Waals surface area (Å²) in [6, 6.07) is 0. The number of halogens is 1. The summed E-state index contributed by atoms with van der Waals surface area (Å²) < 4.78 is 5.23. The van der Waals surface area contributed by atoms with E-state index in [0.29, 0.717) is 31.3 Å². The highest BCUT2D eigenvalue weighted by Crippen LogP contribution is 2.10. The topological polar surface area (TPSA) is 71.5 Å². The molecule has 0 saturated carbocycles. The third-order valence-electron chi connectivity index (χ3n) is 2.59. The summed E-state index contributed by atoms with van der Waals surface area (Å²) in [6.45, 7) is 5.07. The van der Waals surface area contributed by atoms with Crippen molar-refractivity contribution in [2.75, 3.05) is 31.6 Å². The summed E-state index contributed by atoms with van der Waals surface area (Å²) in [5.74, 6) is -0.547. The Bertz CT molecular complexity index is 440. The maximum Gasteiger partial charge on any atom is 0.245 e. The quantitative estimate of drug-likeness (QED) is 0.554. The molecule has 0 aliphatic heterocycles. The fourth-order valence-corrected chi connectivity index (χ4v) is 2.32. The number of hydrogen-bond acceptors (Lipinski definition) is 5. The Kier molecular flexibility index (Phi) is 8.26. The SMILES string of the molecule is CCOCCCN(CC(=O)Nc1nccs1)C(=O)C(C)Cl. The molecule has 6 nitrogen and oxygen atoms in total. The molecule has 1 rings (SSSR count). The number of anilines is 1. The lowest BCUT2D eigenvalue weighted by atomic mass is 10.3. The van der Waals surface area contributed by atoms with Crippen molar-refractivity contribution in [2.45, 2.75) is 25.6 Å². The lowest BCUT2D eigenvalue weighted by Crippen LogP contribution is -2.42. The molecule has 0 radical (unpaired) electrons. The molecule has 1 heterocycles. The molecule has 0 fully saturated rings. The number of carbonyl (C=O) groups excluding carboxylic acids is 2. The molecule has 0 aliphatic rings. The maximum absolute atomic E-state index is 12.0. The molecule has 118 valence electrons. The van der Waals surface area contributed by atoms with Crippen LogP contribution in [-0.4, -0.2) is 53.4 Å². The normalized spacial score (nSPS) is 12.0. The van der Waals surface area contributed by atoms with E-state index in [9.17, 15) is 9.59 Å². The monoisotopic (exact) mass is 333 g/mol. The van der Waals surface area contributed by atoms with Crippen molar-refractivity contribution >= 4 is 39.9 Å². The molecule has 1 unspecified atom stereocenters. The number of nitrogens with one attached hydrogen (secondary N) is 1. The van der Waals surface area contributed by atoms with Crippen LogP contribution in [0, 0.1) is 0 Å². The predicted molar refractivity (Wildman–Crippen MR) is 83.7 cm³/mol. The fraction of sp³-hybridized carbons (Fsp3) is 0.615. The Morgan fingerprint density at radius 2 is 2.33 bits per heavy atom. The van der Waals surface area contributed by atoms with Crippen LogP contribution in [0.1, 0.15) is 20.3 Å². The number of ether oxygens (including phenoxy) is 1. The van der Waals surface area contributed by atoms with Gasteiger partial charge < -0.3 is 15.0 Å². The maximum atomic E-state index is 12.0. The highest BCUT2D eigenvalue weighted by Gasteiger charge is 2.21. The molecule has 21 heavy (non-hydrogen) atoms. The highest BCUT2D eigenvalue weighted by atomic mass is 35.5. The smallest absolute Gasteiger partial charge is 0.245 e. The zero-order valence-electron chi connectivity index (χ0n) is 12.2. The lowest BCUT2D eigenvalue weighted by Gasteiger charge is -2.23. The summed E-state index contributed by atoms with van der Waals surface area (Å²) >= 11 is 7.15. The summed E-state index contributed by atoms with van der Waals surface area (Å²) in [5, 5.41) is 4.27. The van der Waals surface area contributed by atoms with Crippen LogP contribution >= 0.6 is 22.9 Å². The van der Waals surface area contributed by atoms with Crippen molar-refractivity contribution < 1.29 is 14.3 Å². The summed E-state index contributed by atoms with van der Waals surface area (Å²) in [4.78, 5) is 29.3. The Labute approximate surface area is 133 Å². The average molecular weight is 334 g/mol. The molecule has 0 aromatic carbocycles. The minimum absolute atomic E-state index is 0.0401. The number of amides is 2. The number of aromatic nitrogens is 1. The molecule has 1 atom stereocenters. The van der Waals surface area contributed by atoms with Crippen molar-refractivity contribution in [3.8, 4) is 0 Å². The second-order valence-electron chi connectivity index (χ2n) is 4.31. The van der Waals surface area contributed by atoms with Crippen LogP contribution in [0.15, 0.2) is 11.6 Å². The number of alkyl halides is 1. The van der Waals surface area contributed by atoms with Crippen LogP contribution in [0.25, 0.3) is 0 Å². The number of thiazole rings is 1. The van der Waals surface area contributed by atoms with Gasteiger partial charge in [0, 0.05) is 31.3 Å². The van der Waals surface area contributed by atoms with E-state index in [2.05, 4.69) is 10.3 Å². The van der Waals surface area contributed by atoms with E-state index in [1.165, 1.54) is 16.2 Å². The molecule has 1 aromatic rings. The molecule has 0 saturated heterocycles. The second-order valence-corrected chi connectivity index (χ2v) is 5.86. The van der Waals surface area contributed by atoms with Gasteiger partial charge in [0.1, 0.15) is 5.38 Å². The first kappa shape index (κ1) is 17.9. The Morgan fingerprint density at radius 3 is 2.90 bits per heavy atom. The number of nitrogens with zero attached hydrogens (tertiary/aromatic N) is 2. The van der Waals surface area contributed by atoms with Crippen LogP contribution < -0.4 is 5.32 Å². The third kappa shape index (κ3) is 6.88. The van der Waals surface area contributed by atoms with Crippen molar-refractivity contribution in [1.29, 1.82) is 0 Å². The van der Waals surface area contributed by atoms with Crippen molar-refractivity contribution in [3.63, 3.8) is 0 Å². The third-order valence-corrected chi connectivity index (χ3v) is 3.46. The van der Waals surface area contributed by atoms with E-state index in [1.54, 1.807) is 18.5 Å². The Hall–Kier alpha value is -1.18. The number of carbonyl (C=O) groups is 2. The van der Waals surface area contributed by atoms with Gasteiger partial charge in [0.15, 0.2) is 5.13 Å². The van der Waals surface area contributed by atoms with Crippen molar-refractivity contribution in [2.24, 2.45) is 0 Å². The van der Waals surface area contributed by atoms with E-state index in [4.69, 9.17) is 16.3 Å². The Morgan fingerprint density at radius 1 is 1.57 bits per heavy atom. The minimum atomic E-state index is -0.662.